The number of carbonyl (C=O) groups is 1. The molecule has 1 aromatic heterocycles. The Kier molecular flexibility index (Phi) is 9.55. The summed E-state index contributed by atoms with van der Waals surface area (Å²) in [6.45, 7) is 7.11. The number of ether oxygens (including phenoxy) is 2. The maximum absolute atomic E-state index is 13.6. The highest BCUT2D eigenvalue weighted by Crippen LogP contribution is 2.20. The molecule has 2 fully saturated rings. The van der Waals surface area contributed by atoms with Crippen molar-refractivity contribution in [3.8, 4) is 0 Å². The second kappa shape index (κ2) is 12.8. The van der Waals surface area contributed by atoms with Crippen molar-refractivity contribution in [2.45, 2.75) is 43.7 Å². The van der Waals surface area contributed by atoms with Crippen LogP contribution in [0.25, 0.3) is 0 Å². The molecule has 0 radical (unpaired) electrons. The molecule has 10 heteroatoms. The minimum Gasteiger partial charge on any atom is -0.467 e. The Balaban J connectivity index is 1.49. The molecule has 0 spiro atoms. The van der Waals surface area contributed by atoms with Crippen LogP contribution in [0.15, 0.2) is 52.0 Å². The fourth-order valence-electron chi connectivity index (χ4n) is 4.57. The Hall–Kier alpha value is -2.24. The van der Waals surface area contributed by atoms with Crippen LogP contribution in [0.2, 0.25) is 0 Å². The molecule has 2 aliphatic heterocycles. The zero-order valence-electron chi connectivity index (χ0n) is 21.0. The topological polar surface area (TPSA) is 92.5 Å². The largest absolute Gasteiger partial charge is 0.467 e. The van der Waals surface area contributed by atoms with Gasteiger partial charge in [0.25, 0.3) is 0 Å². The highest BCUT2D eigenvalue weighted by molar-refractivity contribution is 7.89. The van der Waals surface area contributed by atoms with Gasteiger partial charge >= 0.3 is 0 Å². The standard InChI is InChI=1S/C26H37N3O6S/c1-22-7-9-25(10-8-22)36(31,32)29(12-4-11-27-13-17-33-18-14-27)21-26(30)28(19-23-5-2-15-34-23)20-24-6-3-16-35-24/h2,5,7-10,15,24H,3-4,6,11-14,16-21H2,1H3. The molecule has 0 aliphatic carbocycles. The minimum atomic E-state index is -3.85. The van der Waals surface area contributed by atoms with Gasteiger partial charge in [0.05, 0.1) is 43.6 Å². The lowest BCUT2D eigenvalue weighted by Crippen LogP contribution is -2.46. The molecule has 198 valence electrons. The number of hydrogen-bond acceptors (Lipinski definition) is 7. The van der Waals surface area contributed by atoms with E-state index in [-0.39, 0.29) is 36.5 Å². The van der Waals surface area contributed by atoms with Crippen molar-refractivity contribution in [1.29, 1.82) is 0 Å². The number of benzene rings is 1. The van der Waals surface area contributed by atoms with Crippen molar-refractivity contribution in [2.75, 3.05) is 59.1 Å². The number of furan rings is 1. The summed E-state index contributed by atoms with van der Waals surface area (Å²) in [4.78, 5) is 17.7. The van der Waals surface area contributed by atoms with E-state index in [9.17, 15) is 13.2 Å². The molecule has 0 N–H and O–H groups in total. The number of amides is 1. The molecule has 9 nitrogen and oxygen atoms in total. The number of carbonyl (C=O) groups excluding carboxylic acids is 1. The van der Waals surface area contributed by atoms with Crippen LogP contribution in [0.1, 0.15) is 30.6 Å². The molecule has 0 saturated carbocycles. The van der Waals surface area contributed by atoms with Gasteiger partial charge in [-0.15, -0.1) is 0 Å². The summed E-state index contributed by atoms with van der Waals surface area (Å²) >= 11 is 0. The number of hydrogen-bond donors (Lipinski definition) is 0. The van der Waals surface area contributed by atoms with E-state index in [1.165, 1.54) is 4.31 Å². The number of morpholine rings is 1. The van der Waals surface area contributed by atoms with Gasteiger partial charge in [-0.2, -0.15) is 4.31 Å². The Morgan fingerprint density at radius 3 is 2.56 bits per heavy atom. The lowest BCUT2D eigenvalue weighted by Gasteiger charge is -2.30. The third-order valence-electron chi connectivity index (χ3n) is 6.68. The fraction of sp³-hybridized carbons (Fsp3) is 0.577. The van der Waals surface area contributed by atoms with E-state index in [2.05, 4.69) is 4.90 Å². The highest BCUT2D eigenvalue weighted by atomic mass is 32.2. The average Bonchev–Trinajstić information content (AvgIpc) is 3.58. The summed E-state index contributed by atoms with van der Waals surface area (Å²) in [6.07, 6.45) is 3.99. The summed E-state index contributed by atoms with van der Waals surface area (Å²) < 4.78 is 45.2. The van der Waals surface area contributed by atoms with Crippen LogP contribution in [0.4, 0.5) is 0 Å². The normalized spacial score (nSPS) is 19.1. The number of aryl methyl sites for hydroxylation is 1. The number of sulfonamides is 1. The van der Waals surface area contributed by atoms with Gasteiger partial charge in [-0.05, 0) is 57.0 Å². The first-order chi connectivity index (χ1) is 17.4. The van der Waals surface area contributed by atoms with Crippen LogP contribution in [-0.4, -0.2) is 93.6 Å². The summed E-state index contributed by atoms with van der Waals surface area (Å²) in [5.41, 5.74) is 0.977. The molecule has 2 aromatic rings. The molecule has 4 rings (SSSR count). The van der Waals surface area contributed by atoms with Crippen LogP contribution in [-0.2, 0) is 30.8 Å². The van der Waals surface area contributed by atoms with Crippen LogP contribution in [0.5, 0.6) is 0 Å². The van der Waals surface area contributed by atoms with Gasteiger partial charge in [0.2, 0.25) is 15.9 Å². The third kappa shape index (κ3) is 7.39. The smallest absolute Gasteiger partial charge is 0.243 e. The monoisotopic (exact) mass is 519 g/mol. The molecule has 1 unspecified atom stereocenters. The SMILES string of the molecule is Cc1ccc(S(=O)(=O)N(CCCN2CCOCC2)CC(=O)N(Cc2ccco2)CC2CCCO2)cc1. The minimum absolute atomic E-state index is 0.0487. The van der Waals surface area contributed by atoms with E-state index in [1.807, 2.05) is 13.0 Å². The van der Waals surface area contributed by atoms with Crippen molar-refractivity contribution in [3.63, 3.8) is 0 Å². The Labute approximate surface area is 214 Å². The van der Waals surface area contributed by atoms with Crippen molar-refractivity contribution >= 4 is 15.9 Å². The fourth-order valence-corrected chi connectivity index (χ4v) is 6.00. The lowest BCUT2D eigenvalue weighted by atomic mass is 10.2. The number of nitrogens with zero attached hydrogens (tertiary/aromatic N) is 3. The molecule has 1 atom stereocenters. The van der Waals surface area contributed by atoms with Gasteiger partial charge in [-0.3, -0.25) is 9.69 Å². The maximum atomic E-state index is 13.6. The second-order valence-electron chi connectivity index (χ2n) is 9.45. The van der Waals surface area contributed by atoms with E-state index >= 15 is 0 Å². The molecular weight excluding hydrogens is 482 g/mol. The summed E-state index contributed by atoms with van der Waals surface area (Å²) in [5, 5.41) is 0. The molecule has 0 bridgehead atoms. The van der Waals surface area contributed by atoms with Gasteiger partial charge in [-0.25, -0.2) is 8.42 Å². The van der Waals surface area contributed by atoms with Crippen molar-refractivity contribution in [2.24, 2.45) is 0 Å². The van der Waals surface area contributed by atoms with E-state index in [4.69, 9.17) is 13.9 Å². The predicted octanol–water partition coefficient (Wildman–Crippen LogP) is 2.51. The average molecular weight is 520 g/mol. The summed E-state index contributed by atoms with van der Waals surface area (Å²) in [5.74, 6) is 0.394. The quantitative estimate of drug-likeness (QED) is 0.425. The van der Waals surface area contributed by atoms with Crippen LogP contribution in [0, 0.1) is 6.92 Å². The first kappa shape index (κ1) is 26.8. The Morgan fingerprint density at radius 1 is 1.11 bits per heavy atom. The van der Waals surface area contributed by atoms with E-state index < -0.39 is 10.0 Å². The molecule has 1 amide bonds. The Morgan fingerprint density at radius 2 is 1.89 bits per heavy atom. The van der Waals surface area contributed by atoms with Crippen LogP contribution < -0.4 is 0 Å². The highest BCUT2D eigenvalue weighted by Gasteiger charge is 2.30. The predicted molar refractivity (Wildman–Crippen MR) is 135 cm³/mol. The summed E-state index contributed by atoms with van der Waals surface area (Å²) in [6, 6.07) is 10.4. The van der Waals surface area contributed by atoms with Gasteiger partial charge in [0.15, 0.2) is 0 Å². The number of rotatable bonds is 12. The molecule has 2 saturated heterocycles. The molecule has 1 aromatic carbocycles. The van der Waals surface area contributed by atoms with Gasteiger partial charge in [0, 0.05) is 32.8 Å². The second-order valence-corrected chi connectivity index (χ2v) is 11.4. The Bertz CT molecular complexity index is 1050. The van der Waals surface area contributed by atoms with Crippen molar-refractivity contribution in [1.82, 2.24) is 14.1 Å². The zero-order valence-corrected chi connectivity index (χ0v) is 21.8. The van der Waals surface area contributed by atoms with Crippen molar-refractivity contribution in [3.05, 3.63) is 54.0 Å². The lowest BCUT2D eigenvalue weighted by molar-refractivity contribution is -0.134. The molecule has 2 aliphatic rings. The van der Waals surface area contributed by atoms with Crippen LogP contribution in [0.3, 0.4) is 0 Å². The molecule has 36 heavy (non-hydrogen) atoms. The van der Waals surface area contributed by atoms with E-state index in [1.54, 1.807) is 41.5 Å². The van der Waals surface area contributed by atoms with Crippen LogP contribution >= 0.6 is 0 Å². The molecular formula is C26H37N3O6S. The van der Waals surface area contributed by atoms with Gasteiger partial charge in [0.1, 0.15) is 5.76 Å². The maximum Gasteiger partial charge on any atom is 0.243 e. The summed E-state index contributed by atoms with van der Waals surface area (Å²) in [7, 11) is -3.85. The van der Waals surface area contributed by atoms with E-state index in [0.29, 0.717) is 38.5 Å². The van der Waals surface area contributed by atoms with Crippen molar-refractivity contribution < 1.29 is 27.1 Å². The molecule has 3 heterocycles. The third-order valence-corrected chi connectivity index (χ3v) is 8.54. The first-order valence-corrected chi connectivity index (χ1v) is 14.1. The van der Waals surface area contributed by atoms with Gasteiger partial charge in [-0.1, -0.05) is 17.7 Å². The first-order valence-electron chi connectivity index (χ1n) is 12.7. The van der Waals surface area contributed by atoms with Gasteiger partial charge < -0.3 is 18.8 Å². The van der Waals surface area contributed by atoms with E-state index in [0.717, 1.165) is 38.0 Å². The zero-order chi connectivity index (χ0) is 25.4.